The van der Waals surface area contributed by atoms with Crippen molar-refractivity contribution >= 4 is 22.6 Å². The number of hydrogen-bond donors (Lipinski definition) is 1. The van der Waals surface area contributed by atoms with Crippen LogP contribution in [0.3, 0.4) is 0 Å². The zero-order chi connectivity index (χ0) is 18.1. The highest BCUT2D eigenvalue weighted by atomic mass is 16.2. The molecule has 2 unspecified atom stereocenters. The molecule has 3 rings (SSSR count). The fourth-order valence-corrected chi connectivity index (χ4v) is 3.87. The number of benzene rings is 1. The molecule has 1 aromatic heterocycles. The van der Waals surface area contributed by atoms with Crippen molar-refractivity contribution in [1.82, 2.24) is 14.0 Å². The Morgan fingerprint density at radius 1 is 1.24 bits per heavy atom. The first-order chi connectivity index (χ1) is 11.9. The number of carbonyl (C=O) groups excluding carboxylic acids is 1. The number of likely N-dealkylation sites (tertiary alicyclic amines) is 1. The van der Waals surface area contributed by atoms with E-state index in [1.54, 1.807) is 23.2 Å². The molecule has 6 nitrogen and oxygen atoms in total. The van der Waals surface area contributed by atoms with E-state index in [1.165, 1.54) is 6.42 Å². The number of amides is 1. The number of rotatable bonds is 4. The number of nitrogens with zero attached hydrogens (tertiary/aromatic N) is 3. The van der Waals surface area contributed by atoms with Gasteiger partial charge in [-0.2, -0.15) is 0 Å². The zero-order valence-electron chi connectivity index (χ0n) is 15.6. The van der Waals surface area contributed by atoms with Crippen LogP contribution >= 0.6 is 0 Å². The summed E-state index contributed by atoms with van der Waals surface area (Å²) in [7, 11) is 3.54. The quantitative estimate of drug-likeness (QED) is 0.927. The molecular weight excluding hydrogens is 316 g/mol. The molecule has 136 valence electrons. The lowest BCUT2D eigenvalue weighted by Crippen LogP contribution is -2.49. The lowest BCUT2D eigenvalue weighted by atomic mass is 9.99. The molecule has 1 aliphatic rings. The summed E-state index contributed by atoms with van der Waals surface area (Å²) < 4.78 is 3.26. The van der Waals surface area contributed by atoms with E-state index in [-0.39, 0.29) is 17.6 Å². The van der Waals surface area contributed by atoms with Gasteiger partial charge in [0.2, 0.25) is 5.91 Å². The lowest BCUT2D eigenvalue weighted by molar-refractivity contribution is -0.135. The summed E-state index contributed by atoms with van der Waals surface area (Å²) in [4.78, 5) is 27.0. The number of imidazole rings is 1. The van der Waals surface area contributed by atoms with Gasteiger partial charge in [0.15, 0.2) is 0 Å². The number of nitrogens with one attached hydrogen (secondary N) is 1. The van der Waals surface area contributed by atoms with Crippen LogP contribution in [-0.2, 0) is 18.9 Å². The fraction of sp³-hybridized carbons (Fsp3) is 0.579. The van der Waals surface area contributed by atoms with Crippen molar-refractivity contribution in [3.63, 3.8) is 0 Å². The van der Waals surface area contributed by atoms with Gasteiger partial charge < -0.3 is 10.2 Å². The second-order valence-corrected chi connectivity index (χ2v) is 7.06. The number of anilines is 1. The van der Waals surface area contributed by atoms with Gasteiger partial charge in [-0.3, -0.25) is 13.9 Å². The fourth-order valence-electron chi connectivity index (χ4n) is 3.87. The molecule has 2 heterocycles. The number of piperidine rings is 1. The van der Waals surface area contributed by atoms with Crippen LogP contribution in [0.4, 0.5) is 5.69 Å². The molecule has 0 aliphatic carbocycles. The molecule has 0 spiro atoms. The summed E-state index contributed by atoms with van der Waals surface area (Å²) in [5, 5.41) is 3.32. The second-order valence-electron chi connectivity index (χ2n) is 7.06. The minimum absolute atomic E-state index is 0.0459. The van der Waals surface area contributed by atoms with E-state index in [1.807, 2.05) is 30.0 Å². The summed E-state index contributed by atoms with van der Waals surface area (Å²) in [6.07, 6.45) is 4.42. The molecule has 0 radical (unpaired) electrons. The topological polar surface area (TPSA) is 59.3 Å². The van der Waals surface area contributed by atoms with Gasteiger partial charge >= 0.3 is 5.69 Å². The molecule has 0 saturated carbocycles. The maximum absolute atomic E-state index is 12.9. The lowest BCUT2D eigenvalue weighted by Gasteiger charge is -2.37. The summed E-state index contributed by atoms with van der Waals surface area (Å²) in [5.41, 5.74) is 2.57. The van der Waals surface area contributed by atoms with E-state index >= 15 is 0 Å². The molecule has 6 heteroatoms. The molecule has 1 N–H and O–H groups in total. The first-order valence-electron chi connectivity index (χ1n) is 9.16. The van der Waals surface area contributed by atoms with Crippen molar-refractivity contribution in [3.8, 4) is 0 Å². The maximum atomic E-state index is 12.9. The van der Waals surface area contributed by atoms with Crippen molar-refractivity contribution < 1.29 is 4.79 Å². The number of aryl methyl sites for hydroxylation is 2. The Hall–Kier alpha value is -2.24. The molecule has 2 atom stereocenters. The predicted molar refractivity (Wildman–Crippen MR) is 101 cm³/mol. The summed E-state index contributed by atoms with van der Waals surface area (Å²) in [6, 6.07) is 5.87. The highest BCUT2D eigenvalue weighted by Crippen LogP contribution is 2.22. The van der Waals surface area contributed by atoms with E-state index in [9.17, 15) is 9.59 Å². The van der Waals surface area contributed by atoms with Gasteiger partial charge in [-0.05, 0) is 50.8 Å². The van der Waals surface area contributed by atoms with Crippen molar-refractivity contribution in [3.05, 3.63) is 28.7 Å². The Labute approximate surface area is 148 Å². The Morgan fingerprint density at radius 3 is 2.68 bits per heavy atom. The molecule has 1 fully saturated rings. The number of aromatic nitrogens is 2. The Bertz CT molecular complexity index is 836. The molecule has 1 aromatic carbocycles. The van der Waals surface area contributed by atoms with E-state index in [4.69, 9.17) is 0 Å². The van der Waals surface area contributed by atoms with Gasteiger partial charge in [-0.15, -0.1) is 0 Å². The van der Waals surface area contributed by atoms with Crippen LogP contribution in [0.25, 0.3) is 11.0 Å². The third-order valence-electron chi connectivity index (χ3n) is 5.41. The van der Waals surface area contributed by atoms with Crippen molar-refractivity contribution in [2.75, 3.05) is 11.9 Å². The van der Waals surface area contributed by atoms with Gasteiger partial charge in [0, 0.05) is 32.4 Å². The Morgan fingerprint density at radius 2 is 1.96 bits per heavy atom. The Kier molecular flexibility index (Phi) is 4.88. The van der Waals surface area contributed by atoms with Crippen LogP contribution in [0.2, 0.25) is 0 Å². The zero-order valence-corrected chi connectivity index (χ0v) is 15.6. The van der Waals surface area contributed by atoms with Gasteiger partial charge in [-0.1, -0.05) is 6.92 Å². The standard InChI is InChI=1S/C19H28N4O2/c1-5-15-8-6-7-11-23(15)18(24)13(2)20-14-9-10-16-17(12-14)22(4)19(25)21(16)3/h9-10,12-13,15,20H,5-8,11H2,1-4H3. The van der Waals surface area contributed by atoms with Crippen LogP contribution in [0, 0.1) is 0 Å². The van der Waals surface area contributed by atoms with Gasteiger partial charge in [-0.25, -0.2) is 4.79 Å². The molecule has 25 heavy (non-hydrogen) atoms. The van der Waals surface area contributed by atoms with Gasteiger partial charge in [0.25, 0.3) is 0 Å². The normalized spacial score (nSPS) is 19.2. The number of fused-ring (bicyclic) bond motifs is 1. The maximum Gasteiger partial charge on any atom is 0.328 e. The summed E-state index contributed by atoms with van der Waals surface area (Å²) in [5.74, 6) is 0.161. The van der Waals surface area contributed by atoms with Crippen molar-refractivity contribution in [2.45, 2.75) is 51.6 Å². The van der Waals surface area contributed by atoms with Crippen LogP contribution in [0.15, 0.2) is 23.0 Å². The smallest absolute Gasteiger partial charge is 0.328 e. The van der Waals surface area contributed by atoms with Crippen LogP contribution in [-0.4, -0.2) is 38.6 Å². The first kappa shape index (κ1) is 17.6. The average molecular weight is 344 g/mol. The van der Waals surface area contributed by atoms with Crippen LogP contribution < -0.4 is 11.0 Å². The van der Waals surface area contributed by atoms with E-state index in [0.29, 0.717) is 6.04 Å². The van der Waals surface area contributed by atoms with Crippen molar-refractivity contribution in [1.29, 1.82) is 0 Å². The SMILES string of the molecule is CCC1CCCCN1C(=O)C(C)Nc1ccc2c(c1)n(C)c(=O)n2C. The predicted octanol–water partition coefficient (Wildman–Crippen LogP) is 2.47. The summed E-state index contributed by atoms with van der Waals surface area (Å²) >= 11 is 0. The largest absolute Gasteiger partial charge is 0.374 e. The molecular formula is C19H28N4O2. The first-order valence-corrected chi connectivity index (χ1v) is 9.16. The molecule has 2 aromatic rings. The molecule has 1 saturated heterocycles. The molecule has 1 amide bonds. The highest BCUT2D eigenvalue weighted by molar-refractivity contribution is 5.86. The third kappa shape index (κ3) is 3.17. The van der Waals surface area contributed by atoms with Gasteiger partial charge in [0.1, 0.15) is 6.04 Å². The van der Waals surface area contributed by atoms with E-state index in [0.717, 1.165) is 42.5 Å². The minimum Gasteiger partial charge on any atom is -0.374 e. The Balaban J connectivity index is 1.79. The third-order valence-corrected chi connectivity index (χ3v) is 5.41. The van der Waals surface area contributed by atoms with Crippen molar-refractivity contribution in [2.24, 2.45) is 14.1 Å². The molecule has 1 aliphatic heterocycles. The summed E-state index contributed by atoms with van der Waals surface area (Å²) in [6.45, 7) is 4.92. The van der Waals surface area contributed by atoms with E-state index < -0.39 is 0 Å². The monoisotopic (exact) mass is 344 g/mol. The minimum atomic E-state index is -0.287. The molecule has 0 bridgehead atoms. The average Bonchev–Trinajstić information content (AvgIpc) is 2.85. The van der Waals surface area contributed by atoms with E-state index in [2.05, 4.69) is 12.2 Å². The van der Waals surface area contributed by atoms with Crippen LogP contribution in [0.5, 0.6) is 0 Å². The number of hydrogen-bond acceptors (Lipinski definition) is 3. The number of carbonyl (C=O) groups is 1. The second kappa shape index (κ2) is 6.94. The van der Waals surface area contributed by atoms with Gasteiger partial charge in [0.05, 0.1) is 11.0 Å². The highest BCUT2D eigenvalue weighted by Gasteiger charge is 2.28. The van der Waals surface area contributed by atoms with Crippen LogP contribution in [0.1, 0.15) is 39.5 Å².